The maximum absolute atomic E-state index is 10.0. The first-order chi connectivity index (χ1) is 8.65. The van der Waals surface area contributed by atoms with Gasteiger partial charge in [-0.05, 0) is 43.0 Å². The lowest BCUT2D eigenvalue weighted by molar-refractivity contribution is 0.164. The molecule has 0 radical (unpaired) electrons. The number of aromatic nitrogens is 2. The molecule has 0 spiro atoms. The molecular formula is C14H17BrN2O. The number of rotatable bonds is 5. The molecule has 4 heteroatoms. The van der Waals surface area contributed by atoms with Gasteiger partial charge in [0.05, 0.1) is 6.10 Å². The van der Waals surface area contributed by atoms with Gasteiger partial charge in [-0.2, -0.15) is 5.10 Å². The van der Waals surface area contributed by atoms with Crippen LogP contribution in [0, 0.1) is 0 Å². The number of aryl methyl sites for hydroxylation is 2. The third-order valence-electron chi connectivity index (χ3n) is 3.04. The van der Waals surface area contributed by atoms with Gasteiger partial charge in [-0.1, -0.05) is 28.1 Å². The lowest BCUT2D eigenvalue weighted by atomic mass is 10.0. The zero-order chi connectivity index (χ0) is 13.0. The highest BCUT2D eigenvalue weighted by molar-refractivity contribution is 9.10. The van der Waals surface area contributed by atoms with Crippen LogP contribution in [0.1, 0.15) is 17.7 Å². The molecule has 0 fully saturated rings. The maximum Gasteiger partial charge on any atom is 0.0584 e. The predicted molar refractivity (Wildman–Crippen MR) is 75.4 cm³/mol. The minimum Gasteiger partial charge on any atom is -0.393 e. The van der Waals surface area contributed by atoms with Gasteiger partial charge in [0.2, 0.25) is 0 Å². The second-order valence-electron chi connectivity index (χ2n) is 4.47. The molecule has 1 heterocycles. The smallest absolute Gasteiger partial charge is 0.0584 e. The number of hydrogen-bond donors (Lipinski definition) is 1. The molecule has 2 aromatic rings. The molecule has 0 saturated heterocycles. The second kappa shape index (κ2) is 6.16. The van der Waals surface area contributed by atoms with Gasteiger partial charge in [-0.15, -0.1) is 0 Å². The van der Waals surface area contributed by atoms with E-state index in [2.05, 4.69) is 21.0 Å². The molecule has 0 bridgehead atoms. The summed E-state index contributed by atoms with van der Waals surface area (Å²) < 4.78 is 2.92. The first-order valence-electron chi connectivity index (χ1n) is 6.04. The number of aliphatic hydroxyl groups is 1. The van der Waals surface area contributed by atoms with Gasteiger partial charge in [0.1, 0.15) is 0 Å². The molecule has 1 aromatic heterocycles. The van der Waals surface area contributed by atoms with Crippen molar-refractivity contribution in [1.29, 1.82) is 0 Å². The summed E-state index contributed by atoms with van der Waals surface area (Å²) in [6.45, 7) is 0. The standard InChI is InChI=1S/C14H17BrN2O/c1-17-13(8-9-16-17)6-7-14(18)10-11-2-4-12(15)5-3-11/h2-5,8-9,14,18H,6-7,10H2,1H3. The molecule has 3 nitrogen and oxygen atoms in total. The van der Waals surface area contributed by atoms with Crippen molar-refractivity contribution in [3.8, 4) is 0 Å². The maximum atomic E-state index is 10.0. The van der Waals surface area contributed by atoms with Gasteiger partial charge in [0.25, 0.3) is 0 Å². The van der Waals surface area contributed by atoms with Gasteiger partial charge in [0, 0.05) is 23.4 Å². The fourth-order valence-electron chi connectivity index (χ4n) is 1.96. The first kappa shape index (κ1) is 13.3. The van der Waals surface area contributed by atoms with Crippen molar-refractivity contribution in [1.82, 2.24) is 9.78 Å². The molecule has 96 valence electrons. The molecule has 1 aromatic carbocycles. The van der Waals surface area contributed by atoms with Crippen LogP contribution in [-0.2, 0) is 19.9 Å². The Kier molecular flexibility index (Phi) is 4.55. The number of halogens is 1. The zero-order valence-corrected chi connectivity index (χ0v) is 12.0. The topological polar surface area (TPSA) is 38.0 Å². The van der Waals surface area contributed by atoms with E-state index >= 15 is 0 Å². The molecule has 1 unspecified atom stereocenters. The van der Waals surface area contributed by atoms with E-state index in [9.17, 15) is 5.11 Å². The Hall–Kier alpha value is -1.13. The quantitative estimate of drug-likeness (QED) is 0.922. The highest BCUT2D eigenvalue weighted by Gasteiger charge is 2.07. The van der Waals surface area contributed by atoms with Gasteiger partial charge in [-0.25, -0.2) is 0 Å². The molecule has 2 rings (SSSR count). The summed E-state index contributed by atoms with van der Waals surface area (Å²) in [7, 11) is 1.93. The third kappa shape index (κ3) is 3.68. The summed E-state index contributed by atoms with van der Waals surface area (Å²) in [5, 5.41) is 14.1. The molecule has 0 aliphatic heterocycles. The number of aliphatic hydroxyl groups excluding tert-OH is 1. The van der Waals surface area contributed by atoms with Crippen molar-refractivity contribution < 1.29 is 5.11 Å². The average Bonchev–Trinajstić information content (AvgIpc) is 2.75. The normalized spacial score (nSPS) is 12.6. The summed E-state index contributed by atoms with van der Waals surface area (Å²) >= 11 is 3.40. The van der Waals surface area contributed by atoms with E-state index in [0.29, 0.717) is 6.42 Å². The van der Waals surface area contributed by atoms with Crippen molar-refractivity contribution >= 4 is 15.9 Å². The van der Waals surface area contributed by atoms with E-state index < -0.39 is 0 Å². The van der Waals surface area contributed by atoms with Crippen LogP contribution in [-0.4, -0.2) is 21.0 Å². The fourth-order valence-corrected chi connectivity index (χ4v) is 2.22. The van der Waals surface area contributed by atoms with E-state index in [4.69, 9.17) is 0 Å². The van der Waals surface area contributed by atoms with Crippen LogP contribution in [0.4, 0.5) is 0 Å². The van der Waals surface area contributed by atoms with Crippen molar-refractivity contribution in [2.45, 2.75) is 25.4 Å². The first-order valence-corrected chi connectivity index (χ1v) is 6.84. The molecular weight excluding hydrogens is 292 g/mol. The Morgan fingerprint density at radius 2 is 2.00 bits per heavy atom. The molecule has 0 saturated carbocycles. The SMILES string of the molecule is Cn1nccc1CCC(O)Cc1ccc(Br)cc1. The Morgan fingerprint density at radius 1 is 1.28 bits per heavy atom. The molecule has 1 N–H and O–H groups in total. The van der Waals surface area contributed by atoms with Crippen molar-refractivity contribution in [3.05, 3.63) is 52.3 Å². The van der Waals surface area contributed by atoms with Crippen molar-refractivity contribution in [2.24, 2.45) is 7.05 Å². The van der Waals surface area contributed by atoms with Gasteiger partial charge >= 0.3 is 0 Å². The molecule has 1 atom stereocenters. The Morgan fingerprint density at radius 3 is 2.61 bits per heavy atom. The summed E-state index contributed by atoms with van der Waals surface area (Å²) in [4.78, 5) is 0. The van der Waals surface area contributed by atoms with Crippen LogP contribution in [0.25, 0.3) is 0 Å². The van der Waals surface area contributed by atoms with Gasteiger partial charge < -0.3 is 5.11 Å². The van der Waals surface area contributed by atoms with Crippen LogP contribution in [0.2, 0.25) is 0 Å². The summed E-state index contributed by atoms with van der Waals surface area (Å²) in [6.07, 6.45) is 3.80. The summed E-state index contributed by atoms with van der Waals surface area (Å²) in [6, 6.07) is 10.1. The molecule has 0 aliphatic carbocycles. The third-order valence-corrected chi connectivity index (χ3v) is 3.57. The molecule has 0 aliphatic rings. The minimum absolute atomic E-state index is 0.305. The second-order valence-corrected chi connectivity index (χ2v) is 5.38. The molecule has 0 amide bonds. The summed E-state index contributed by atoms with van der Waals surface area (Å²) in [5.74, 6) is 0. The largest absolute Gasteiger partial charge is 0.393 e. The Labute approximate surface area is 116 Å². The van der Waals surface area contributed by atoms with E-state index in [1.54, 1.807) is 6.20 Å². The van der Waals surface area contributed by atoms with Crippen LogP contribution < -0.4 is 0 Å². The minimum atomic E-state index is -0.305. The van der Waals surface area contributed by atoms with Crippen LogP contribution in [0.3, 0.4) is 0 Å². The van der Waals surface area contributed by atoms with Gasteiger partial charge in [0.15, 0.2) is 0 Å². The average molecular weight is 309 g/mol. The molecule has 18 heavy (non-hydrogen) atoms. The monoisotopic (exact) mass is 308 g/mol. The van der Waals surface area contributed by atoms with E-state index in [-0.39, 0.29) is 6.10 Å². The van der Waals surface area contributed by atoms with E-state index in [1.165, 1.54) is 0 Å². The zero-order valence-electron chi connectivity index (χ0n) is 10.4. The number of nitrogens with zero attached hydrogens (tertiary/aromatic N) is 2. The van der Waals surface area contributed by atoms with Crippen LogP contribution in [0.5, 0.6) is 0 Å². The fraction of sp³-hybridized carbons (Fsp3) is 0.357. The Balaban J connectivity index is 1.83. The van der Waals surface area contributed by atoms with Crippen LogP contribution in [0.15, 0.2) is 41.0 Å². The van der Waals surface area contributed by atoms with E-state index in [0.717, 1.165) is 28.6 Å². The highest BCUT2D eigenvalue weighted by Crippen LogP contribution is 2.13. The number of benzene rings is 1. The van der Waals surface area contributed by atoms with Crippen LogP contribution >= 0.6 is 15.9 Å². The van der Waals surface area contributed by atoms with Crippen molar-refractivity contribution in [2.75, 3.05) is 0 Å². The highest BCUT2D eigenvalue weighted by atomic mass is 79.9. The Bertz CT molecular complexity index is 493. The number of hydrogen-bond acceptors (Lipinski definition) is 2. The van der Waals surface area contributed by atoms with Gasteiger partial charge in [-0.3, -0.25) is 4.68 Å². The van der Waals surface area contributed by atoms with Crippen molar-refractivity contribution in [3.63, 3.8) is 0 Å². The summed E-state index contributed by atoms with van der Waals surface area (Å²) in [5.41, 5.74) is 2.32. The predicted octanol–water partition coefficient (Wildman–Crippen LogP) is 2.72. The van der Waals surface area contributed by atoms with E-state index in [1.807, 2.05) is 42.1 Å². The lowest BCUT2D eigenvalue weighted by Gasteiger charge is -2.10. The lowest BCUT2D eigenvalue weighted by Crippen LogP contribution is -2.12.